The molecule has 20 heavy (non-hydrogen) atoms. The second-order valence-corrected chi connectivity index (χ2v) is 5.41. The van der Waals surface area contributed by atoms with E-state index in [0.717, 1.165) is 24.2 Å². The van der Waals surface area contributed by atoms with Crippen LogP contribution in [0, 0.1) is 11.3 Å². The molecule has 0 amide bonds. The maximum absolute atomic E-state index is 9.69. The minimum Gasteiger partial charge on any atom is -0.478 e. The highest BCUT2D eigenvalue weighted by Crippen LogP contribution is 2.29. The van der Waals surface area contributed by atoms with Crippen LogP contribution in [0.3, 0.4) is 0 Å². The number of benzene rings is 1. The van der Waals surface area contributed by atoms with Crippen molar-refractivity contribution in [2.45, 2.75) is 44.2 Å². The SMILES string of the molecule is N#CCOc1ccccc1CNC1(CO)CCCCC1. The fraction of sp³-hybridized carbons (Fsp3) is 0.562. The lowest BCUT2D eigenvalue weighted by Crippen LogP contribution is -2.49. The third-order valence-electron chi connectivity index (χ3n) is 4.03. The van der Waals surface area contributed by atoms with Crippen LogP contribution in [-0.4, -0.2) is 23.9 Å². The Morgan fingerprint density at radius 1 is 1.25 bits per heavy atom. The van der Waals surface area contributed by atoms with Gasteiger partial charge in [-0.3, -0.25) is 0 Å². The zero-order valence-electron chi connectivity index (χ0n) is 11.8. The van der Waals surface area contributed by atoms with Crippen LogP contribution in [0.1, 0.15) is 37.7 Å². The molecule has 0 heterocycles. The van der Waals surface area contributed by atoms with E-state index in [1.165, 1.54) is 19.3 Å². The first-order chi connectivity index (χ1) is 9.79. The van der Waals surface area contributed by atoms with Crippen LogP contribution in [-0.2, 0) is 6.54 Å². The highest BCUT2D eigenvalue weighted by molar-refractivity contribution is 5.33. The lowest BCUT2D eigenvalue weighted by Gasteiger charge is -2.37. The van der Waals surface area contributed by atoms with E-state index < -0.39 is 0 Å². The number of aliphatic hydroxyl groups excluding tert-OH is 1. The van der Waals surface area contributed by atoms with Gasteiger partial charge in [0.25, 0.3) is 0 Å². The van der Waals surface area contributed by atoms with Gasteiger partial charge < -0.3 is 15.2 Å². The highest BCUT2D eigenvalue weighted by atomic mass is 16.5. The van der Waals surface area contributed by atoms with Crippen molar-refractivity contribution in [3.05, 3.63) is 29.8 Å². The number of nitrogens with zero attached hydrogens (tertiary/aromatic N) is 1. The van der Waals surface area contributed by atoms with E-state index in [1.807, 2.05) is 30.3 Å². The number of rotatable bonds is 6. The largest absolute Gasteiger partial charge is 0.478 e. The molecule has 108 valence electrons. The van der Waals surface area contributed by atoms with Crippen LogP contribution in [0.4, 0.5) is 0 Å². The van der Waals surface area contributed by atoms with Crippen LogP contribution in [0.15, 0.2) is 24.3 Å². The van der Waals surface area contributed by atoms with Gasteiger partial charge in [0.05, 0.1) is 6.61 Å². The minimum atomic E-state index is -0.152. The van der Waals surface area contributed by atoms with Gasteiger partial charge in [0, 0.05) is 17.6 Å². The lowest BCUT2D eigenvalue weighted by atomic mass is 9.82. The Balaban J connectivity index is 2.00. The van der Waals surface area contributed by atoms with Gasteiger partial charge in [-0.05, 0) is 18.9 Å². The molecule has 4 nitrogen and oxygen atoms in total. The Bertz CT molecular complexity index is 462. The molecule has 2 rings (SSSR count). The molecule has 0 aromatic heterocycles. The highest BCUT2D eigenvalue weighted by Gasteiger charge is 2.30. The van der Waals surface area contributed by atoms with Gasteiger partial charge in [-0.1, -0.05) is 37.5 Å². The summed E-state index contributed by atoms with van der Waals surface area (Å²) < 4.78 is 5.43. The van der Waals surface area contributed by atoms with Crippen molar-refractivity contribution < 1.29 is 9.84 Å². The lowest BCUT2D eigenvalue weighted by molar-refractivity contribution is 0.119. The summed E-state index contributed by atoms with van der Waals surface area (Å²) in [6.07, 6.45) is 5.63. The normalized spacial score (nSPS) is 17.4. The Labute approximate surface area is 120 Å². The Morgan fingerprint density at radius 3 is 2.70 bits per heavy atom. The van der Waals surface area contributed by atoms with Crippen molar-refractivity contribution in [1.29, 1.82) is 5.26 Å². The number of para-hydroxylation sites is 1. The van der Waals surface area contributed by atoms with Crippen LogP contribution in [0.2, 0.25) is 0 Å². The molecule has 1 saturated carbocycles. The van der Waals surface area contributed by atoms with Crippen molar-refractivity contribution in [2.24, 2.45) is 0 Å². The van der Waals surface area contributed by atoms with Gasteiger partial charge in [0.15, 0.2) is 6.61 Å². The number of nitriles is 1. The molecule has 4 heteroatoms. The smallest absolute Gasteiger partial charge is 0.174 e. The summed E-state index contributed by atoms with van der Waals surface area (Å²) >= 11 is 0. The maximum atomic E-state index is 9.69. The molecule has 1 aromatic carbocycles. The van der Waals surface area contributed by atoms with Gasteiger partial charge >= 0.3 is 0 Å². The van der Waals surface area contributed by atoms with Crippen LogP contribution < -0.4 is 10.1 Å². The van der Waals surface area contributed by atoms with E-state index in [0.29, 0.717) is 6.54 Å². The molecular formula is C16H22N2O2. The summed E-state index contributed by atoms with van der Waals surface area (Å²) in [5.74, 6) is 0.741. The van der Waals surface area contributed by atoms with Crippen LogP contribution in [0.5, 0.6) is 5.75 Å². The predicted octanol–water partition coefficient (Wildman–Crippen LogP) is 2.37. The number of nitrogens with one attached hydrogen (secondary N) is 1. The Morgan fingerprint density at radius 2 is 2.00 bits per heavy atom. The summed E-state index contributed by atoms with van der Waals surface area (Å²) in [6.45, 7) is 0.887. The zero-order valence-corrected chi connectivity index (χ0v) is 11.8. The van der Waals surface area contributed by atoms with Crippen molar-refractivity contribution in [3.63, 3.8) is 0 Å². The van der Waals surface area contributed by atoms with Gasteiger partial charge in [-0.15, -0.1) is 0 Å². The third kappa shape index (κ3) is 3.72. The van der Waals surface area contributed by atoms with Crippen molar-refractivity contribution >= 4 is 0 Å². The number of hydrogen-bond donors (Lipinski definition) is 2. The Kier molecular flexibility index (Phi) is 5.40. The molecule has 0 unspecified atom stereocenters. The average molecular weight is 274 g/mol. The molecule has 0 aliphatic heterocycles. The van der Waals surface area contributed by atoms with E-state index in [-0.39, 0.29) is 18.8 Å². The molecule has 0 atom stereocenters. The van der Waals surface area contributed by atoms with E-state index in [9.17, 15) is 5.11 Å². The van der Waals surface area contributed by atoms with Gasteiger partial charge in [0.1, 0.15) is 11.8 Å². The van der Waals surface area contributed by atoms with Gasteiger partial charge in [-0.2, -0.15) is 5.26 Å². The molecule has 0 spiro atoms. The maximum Gasteiger partial charge on any atom is 0.174 e. The standard InChI is InChI=1S/C16H22N2O2/c17-10-11-20-15-7-3-2-6-14(15)12-18-16(13-19)8-4-1-5-9-16/h2-3,6-7,18-19H,1,4-5,8-9,11-13H2. The van der Waals surface area contributed by atoms with Crippen molar-refractivity contribution in [2.75, 3.05) is 13.2 Å². The molecule has 0 bridgehead atoms. The van der Waals surface area contributed by atoms with E-state index >= 15 is 0 Å². The molecule has 1 aliphatic carbocycles. The molecule has 1 aromatic rings. The first-order valence-electron chi connectivity index (χ1n) is 7.23. The molecule has 1 aliphatic rings. The van der Waals surface area contributed by atoms with Crippen LogP contribution >= 0.6 is 0 Å². The topological polar surface area (TPSA) is 65.3 Å². The fourth-order valence-corrected chi connectivity index (χ4v) is 2.80. The number of aliphatic hydroxyl groups is 1. The molecule has 0 saturated heterocycles. The van der Waals surface area contributed by atoms with Gasteiger partial charge in [-0.25, -0.2) is 0 Å². The van der Waals surface area contributed by atoms with Crippen LogP contribution in [0.25, 0.3) is 0 Å². The number of hydrogen-bond acceptors (Lipinski definition) is 4. The second-order valence-electron chi connectivity index (χ2n) is 5.41. The monoisotopic (exact) mass is 274 g/mol. The second kappa shape index (κ2) is 7.28. The third-order valence-corrected chi connectivity index (χ3v) is 4.03. The molecule has 2 N–H and O–H groups in total. The summed E-state index contributed by atoms with van der Waals surface area (Å²) in [4.78, 5) is 0. The summed E-state index contributed by atoms with van der Waals surface area (Å²) in [5, 5.41) is 21.8. The van der Waals surface area contributed by atoms with E-state index in [4.69, 9.17) is 10.00 Å². The minimum absolute atomic E-state index is 0.0577. The number of ether oxygens (including phenoxy) is 1. The summed E-state index contributed by atoms with van der Waals surface area (Å²) in [5.41, 5.74) is 0.877. The molecule has 0 radical (unpaired) electrons. The van der Waals surface area contributed by atoms with Gasteiger partial charge in [0.2, 0.25) is 0 Å². The average Bonchev–Trinajstić information content (AvgIpc) is 2.52. The zero-order chi connectivity index (χ0) is 14.3. The van der Waals surface area contributed by atoms with E-state index in [2.05, 4.69) is 5.32 Å². The predicted molar refractivity (Wildman–Crippen MR) is 77.3 cm³/mol. The summed E-state index contributed by atoms with van der Waals surface area (Å²) in [7, 11) is 0. The first-order valence-corrected chi connectivity index (χ1v) is 7.23. The van der Waals surface area contributed by atoms with Crippen molar-refractivity contribution in [3.8, 4) is 11.8 Å². The van der Waals surface area contributed by atoms with E-state index in [1.54, 1.807) is 0 Å². The quantitative estimate of drug-likeness (QED) is 0.836. The summed E-state index contributed by atoms with van der Waals surface area (Å²) in [6, 6.07) is 9.72. The molecular weight excluding hydrogens is 252 g/mol. The molecule has 1 fully saturated rings. The first kappa shape index (κ1) is 14.8. The van der Waals surface area contributed by atoms with Crippen molar-refractivity contribution in [1.82, 2.24) is 5.32 Å². The fourth-order valence-electron chi connectivity index (χ4n) is 2.80. The Hall–Kier alpha value is -1.57.